The number of hydrogen-bond donors (Lipinski definition) is 0. The fourth-order valence-corrected chi connectivity index (χ4v) is 6.30. The van der Waals surface area contributed by atoms with Crippen LogP contribution in [0.5, 0.6) is 11.5 Å². The van der Waals surface area contributed by atoms with Gasteiger partial charge in [0.25, 0.3) is 0 Å². The summed E-state index contributed by atoms with van der Waals surface area (Å²) in [5.74, 6) is 2.47. The van der Waals surface area contributed by atoms with Crippen molar-refractivity contribution < 1.29 is 25.2 Å². The van der Waals surface area contributed by atoms with Crippen LogP contribution in [0.4, 0.5) is 0 Å². The monoisotopic (exact) mass is 680 g/mol. The zero-order valence-corrected chi connectivity index (χ0v) is 27.8. The summed E-state index contributed by atoms with van der Waals surface area (Å²) in [6.07, 6.45) is 1.85. The molecule has 0 amide bonds. The van der Waals surface area contributed by atoms with Gasteiger partial charge in [-0.2, -0.15) is 17.2 Å². The quantitative estimate of drug-likeness (QED) is 0.130. The summed E-state index contributed by atoms with van der Waals surface area (Å²) >= 11 is 0. The molecule has 0 aliphatic rings. The van der Waals surface area contributed by atoms with E-state index in [1.54, 1.807) is 0 Å². The van der Waals surface area contributed by atoms with Crippen LogP contribution >= 0.6 is 0 Å². The SMILES string of the molecule is Cc1ccnc(-n2c3[c-]c(Oc4[c-]c(-n5nc(C)c(-c6c(C)cccc6C(C)C)c5C)ccc4)ccc3c3ccccc32)c1.[Pd+2]. The number of pyridine rings is 1. The summed E-state index contributed by atoms with van der Waals surface area (Å²) in [5.41, 5.74) is 11.1. The standard InChI is InChI=1S/C39H34N4O.Pd/c1-24(2)32-15-9-11-26(4)38(32)39-27(5)41-43(28(39)6)29-12-10-13-30(22-29)44-31-17-18-34-33-14-7-8-16-35(33)42(36(34)23-31)37-21-25(3)19-20-40-37;/h7-21,24H,1-6H3;/q-2;+2. The Morgan fingerprint density at radius 3 is 2.33 bits per heavy atom. The molecule has 0 unspecified atom stereocenters. The molecule has 0 saturated carbocycles. The molecule has 0 saturated heterocycles. The zero-order chi connectivity index (χ0) is 30.5. The van der Waals surface area contributed by atoms with Gasteiger partial charge in [0.05, 0.1) is 5.69 Å². The number of aryl methyl sites for hydroxylation is 3. The number of fused-ring (bicyclic) bond motifs is 3. The minimum absolute atomic E-state index is 0. The van der Waals surface area contributed by atoms with Crippen LogP contribution in [-0.4, -0.2) is 19.3 Å². The van der Waals surface area contributed by atoms with Crippen LogP contribution in [-0.2, 0) is 20.4 Å². The molecule has 0 atom stereocenters. The largest absolute Gasteiger partial charge is 2.00 e. The Hall–Kier alpha value is -4.50. The van der Waals surface area contributed by atoms with E-state index in [1.165, 1.54) is 22.3 Å². The van der Waals surface area contributed by atoms with Gasteiger partial charge in [-0.15, -0.1) is 35.7 Å². The minimum Gasteiger partial charge on any atom is -0.509 e. The second kappa shape index (κ2) is 12.1. The number of rotatable bonds is 6. The van der Waals surface area contributed by atoms with Crippen molar-refractivity contribution >= 4 is 21.8 Å². The van der Waals surface area contributed by atoms with Crippen molar-refractivity contribution in [2.75, 3.05) is 0 Å². The molecule has 3 heterocycles. The molecule has 0 fully saturated rings. The van der Waals surface area contributed by atoms with E-state index in [0.29, 0.717) is 17.4 Å². The molecule has 45 heavy (non-hydrogen) atoms. The van der Waals surface area contributed by atoms with Gasteiger partial charge in [0.1, 0.15) is 5.82 Å². The molecular formula is C39H34N4OPd. The maximum absolute atomic E-state index is 6.40. The summed E-state index contributed by atoms with van der Waals surface area (Å²) in [6, 6.07) is 36.0. The maximum Gasteiger partial charge on any atom is 2.00 e. The van der Waals surface area contributed by atoms with Gasteiger partial charge in [-0.1, -0.05) is 55.8 Å². The molecule has 0 aliphatic carbocycles. The van der Waals surface area contributed by atoms with Crippen molar-refractivity contribution in [3.63, 3.8) is 0 Å². The fraction of sp³-hybridized carbons (Fsp3) is 0.179. The van der Waals surface area contributed by atoms with Gasteiger partial charge in [-0.05, 0) is 85.1 Å². The van der Waals surface area contributed by atoms with E-state index in [1.807, 2.05) is 41.2 Å². The van der Waals surface area contributed by atoms with E-state index in [2.05, 4.69) is 118 Å². The van der Waals surface area contributed by atoms with Gasteiger partial charge in [0.2, 0.25) is 0 Å². The van der Waals surface area contributed by atoms with E-state index in [-0.39, 0.29) is 20.4 Å². The molecule has 0 N–H and O–H groups in total. The summed E-state index contributed by atoms with van der Waals surface area (Å²) in [7, 11) is 0. The molecule has 3 aromatic heterocycles. The number of hydrogen-bond acceptors (Lipinski definition) is 3. The van der Waals surface area contributed by atoms with Crippen molar-refractivity contribution in [1.82, 2.24) is 19.3 Å². The number of benzene rings is 4. The van der Waals surface area contributed by atoms with E-state index in [4.69, 9.17) is 9.84 Å². The molecule has 226 valence electrons. The second-order valence-corrected chi connectivity index (χ2v) is 11.8. The first-order valence-corrected chi connectivity index (χ1v) is 15.1. The Balaban J connectivity index is 0.00000357. The van der Waals surface area contributed by atoms with Gasteiger partial charge in [-0.25, -0.2) is 4.98 Å². The predicted octanol–water partition coefficient (Wildman–Crippen LogP) is 9.78. The topological polar surface area (TPSA) is 44.9 Å². The van der Waals surface area contributed by atoms with E-state index < -0.39 is 0 Å². The molecule has 6 heteroatoms. The Labute approximate surface area is 278 Å². The second-order valence-electron chi connectivity index (χ2n) is 11.8. The van der Waals surface area contributed by atoms with E-state index in [9.17, 15) is 0 Å². The van der Waals surface area contributed by atoms with Gasteiger partial charge in [-0.3, -0.25) is 4.68 Å². The van der Waals surface area contributed by atoms with Crippen LogP contribution in [0.2, 0.25) is 0 Å². The molecular weight excluding hydrogens is 647 g/mol. The minimum atomic E-state index is 0. The predicted molar refractivity (Wildman–Crippen MR) is 178 cm³/mol. The molecule has 4 aromatic carbocycles. The smallest absolute Gasteiger partial charge is 0.509 e. The molecule has 0 aliphatic heterocycles. The Morgan fingerprint density at radius 1 is 0.756 bits per heavy atom. The zero-order valence-electron chi connectivity index (χ0n) is 26.3. The number of nitrogens with zero attached hydrogens (tertiary/aromatic N) is 4. The van der Waals surface area contributed by atoms with Crippen molar-refractivity contribution in [2.45, 2.75) is 47.5 Å². The Morgan fingerprint density at radius 2 is 1.53 bits per heavy atom. The van der Waals surface area contributed by atoms with E-state index >= 15 is 0 Å². The van der Waals surface area contributed by atoms with Crippen molar-refractivity contribution in [2.24, 2.45) is 0 Å². The Kier molecular flexibility index (Phi) is 8.22. The third-order valence-corrected chi connectivity index (χ3v) is 8.36. The molecule has 0 radical (unpaired) electrons. The van der Waals surface area contributed by atoms with Gasteiger partial charge in [0, 0.05) is 34.5 Å². The van der Waals surface area contributed by atoms with Crippen LogP contribution in [0.3, 0.4) is 0 Å². The summed E-state index contributed by atoms with van der Waals surface area (Å²) in [6.45, 7) is 13.0. The van der Waals surface area contributed by atoms with Gasteiger partial charge >= 0.3 is 20.4 Å². The third-order valence-electron chi connectivity index (χ3n) is 8.36. The first kappa shape index (κ1) is 30.5. The van der Waals surface area contributed by atoms with Crippen molar-refractivity contribution in [3.05, 3.63) is 131 Å². The molecule has 0 bridgehead atoms. The van der Waals surface area contributed by atoms with Crippen LogP contribution in [0, 0.1) is 39.8 Å². The molecule has 5 nitrogen and oxygen atoms in total. The van der Waals surface area contributed by atoms with Crippen LogP contribution in [0.1, 0.15) is 47.8 Å². The van der Waals surface area contributed by atoms with Crippen LogP contribution in [0.15, 0.2) is 91.1 Å². The number of ether oxygens (including phenoxy) is 1. The average Bonchev–Trinajstić information content (AvgIpc) is 3.50. The first-order chi connectivity index (χ1) is 21.3. The normalized spacial score (nSPS) is 11.4. The first-order valence-electron chi connectivity index (χ1n) is 15.1. The van der Waals surface area contributed by atoms with Crippen LogP contribution in [0.25, 0.3) is 44.4 Å². The summed E-state index contributed by atoms with van der Waals surface area (Å²) in [4.78, 5) is 4.69. The van der Waals surface area contributed by atoms with Crippen LogP contribution < -0.4 is 4.74 Å². The number of aromatic nitrogens is 4. The maximum atomic E-state index is 6.40. The van der Waals surface area contributed by atoms with Gasteiger partial charge < -0.3 is 9.30 Å². The van der Waals surface area contributed by atoms with Crippen molar-refractivity contribution in [1.29, 1.82) is 0 Å². The summed E-state index contributed by atoms with van der Waals surface area (Å²) < 4.78 is 10.5. The third kappa shape index (κ3) is 5.39. The van der Waals surface area contributed by atoms with Gasteiger partial charge in [0.15, 0.2) is 0 Å². The molecule has 7 aromatic rings. The van der Waals surface area contributed by atoms with E-state index in [0.717, 1.165) is 50.3 Å². The van der Waals surface area contributed by atoms with Crippen molar-refractivity contribution in [3.8, 4) is 34.1 Å². The Bertz CT molecular complexity index is 2190. The fourth-order valence-electron chi connectivity index (χ4n) is 6.30. The molecule has 0 spiro atoms. The summed E-state index contributed by atoms with van der Waals surface area (Å²) in [5, 5.41) is 7.22. The average molecular weight is 681 g/mol. The molecule has 7 rings (SSSR count). The number of para-hydroxylation sites is 1.